The van der Waals surface area contributed by atoms with Crippen LogP contribution in [0.15, 0.2) is 23.6 Å². The molecule has 3 rings (SSSR count). The van der Waals surface area contributed by atoms with Crippen LogP contribution >= 0.6 is 40.7 Å². The second kappa shape index (κ2) is 31.1. The number of anilines is 1. The maximum atomic E-state index is 14.4. The number of carboxylic acid groups (broad SMARTS) is 1. The lowest BCUT2D eigenvalue weighted by molar-refractivity contribution is -0.149. The number of esters is 1. The molecule has 426 valence electrons. The second-order valence-electron chi connectivity index (χ2n) is 20.4. The van der Waals surface area contributed by atoms with Crippen LogP contribution < -0.4 is 20.7 Å². The van der Waals surface area contributed by atoms with Crippen molar-refractivity contribution in [3.05, 3.63) is 39.8 Å². The zero-order valence-electron chi connectivity index (χ0n) is 45.6. The van der Waals surface area contributed by atoms with Gasteiger partial charge in [-0.25, -0.2) is 14.3 Å². The summed E-state index contributed by atoms with van der Waals surface area (Å²) in [5.41, 5.74) is 0.285. The summed E-state index contributed by atoms with van der Waals surface area (Å²) < 4.78 is 26.0. The Morgan fingerprint density at radius 1 is 1.03 bits per heavy atom. The lowest BCUT2D eigenvalue weighted by atomic mass is 9.83. The molecule has 2 aromatic rings. The number of amides is 4. The van der Waals surface area contributed by atoms with Crippen molar-refractivity contribution in [2.24, 2.45) is 23.7 Å². The van der Waals surface area contributed by atoms with Crippen molar-refractivity contribution in [3.63, 3.8) is 0 Å². The molecule has 1 fully saturated rings. The average molecular weight is 1140 g/mol. The first kappa shape index (κ1) is 65.7. The number of carbonyl (C=O) groups excluding carboxylic acids is 7. The minimum atomic E-state index is -5.31. The number of benzene rings is 1. The van der Waals surface area contributed by atoms with Gasteiger partial charge in [-0.05, 0) is 95.5 Å². The molecule has 1 aliphatic heterocycles. The molecular weight excluding hydrogens is 1060 g/mol. The van der Waals surface area contributed by atoms with Crippen LogP contribution in [0.3, 0.4) is 0 Å². The van der Waals surface area contributed by atoms with Gasteiger partial charge in [0.15, 0.2) is 17.6 Å². The number of hydrogen-bond donors (Lipinski definition) is 6. The van der Waals surface area contributed by atoms with Gasteiger partial charge in [-0.2, -0.15) is 0 Å². The molecule has 0 radical (unpaired) electrons. The van der Waals surface area contributed by atoms with Gasteiger partial charge in [0.25, 0.3) is 5.91 Å². The maximum Gasteiger partial charge on any atom is 0.529 e. The molecule has 0 bridgehead atoms. The largest absolute Gasteiger partial charge is 0.529 e. The number of carbonyl (C=O) groups is 8. The third-order valence-electron chi connectivity index (χ3n) is 13.4. The maximum absolute atomic E-state index is 14.4. The van der Waals surface area contributed by atoms with E-state index < -0.39 is 67.8 Å². The van der Waals surface area contributed by atoms with E-state index in [4.69, 9.17) is 9.47 Å². The summed E-state index contributed by atoms with van der Waals surface area (Å²) in [4.78, 5) is 131. The number of rotatable bonds is 31. The third kappa shape index (κ3) is 22.4. The summed E-state index contributed by atoms with van der Waals surface area (Å²) >= 11 is 1.07. The monoisotopic (exact) mass is 1140 g/mol. The van der Waals surface area contributed by atoms with Gasteiger partial charge in [0.05, 0.1) is 17.6 Å². The van der Waals surface area contributed by atoms with E-state index in [2.05, 4.69) is 30.4 Å². The van der Waals surface area contributed by atoms with Crippen molar-refractivity contribution in [2.45, 2.75) is 161 Å². The van der Waals surface area contributed by atoms with Gasteiger partial charge in [0.1, 0.15) is 10.7 Å². The Labute approximate surface area is 458 Å². The molecule has 4 amide bonds. The molecular formula is C51H79N6O15PS3. The first-order valence-corrected chi connectivity index (χ1v) is 30.3. The number of ketones is 1. The molecule has 1 aliphatic rings. The average Bonchev–Trinajstić information content (AvgIpc) is 3.84. The van der Waals surface area contributed by atoms with E-state index in [1.165, 1.54) is 37.4 Å². The van der Waals surface area contributed by atoms with Crippen LogP contribution in [-0.2, 0) is 49.0 Å². The number of hydrogen-bond acceptors (Lipinski definition) is 17. The summed E-state index contributed by atoms with van der Waals surface area (Å²) in [6, 6.07) is 2.54. The van der Waals surface area contributed by atoms with Crippen LogP contribution in [0.2, 0.25) is 0 Å². The number of nitrogens with zero attached hydrogens (tertiary/aromatic N) is 3. The van der Waals surface area contributed by atoms with E-state index in [1.54, 1.807) is 40.6 Å². The number of ether oxygens (including phenoxy) is 2. The SMILES string of the molecule is CC[C@H](C)C(CC(=O)[C@H]1CCCCN1C)C(=O)N(C)[C@H](C[C@@H](OC(C)=O)c1nc(C(=O)N[C@@H](Cc2ccc(OC(=O)OP(=O)(O)O)c(NC(=O)CCC(C)(C)SSCCCC(=O)NC)c2)CC(C)C(=O)O)cs1)C(C)C. The quantitative estimate of drug-likeness (QED) is 0.0136. The lowest BCUT2D eigenvalue weighted by Crippen LogP contribution is -2.48. The van der Waals surface area contributed by atoms with E-state index >= 15 is 0 Å². The summed E-state index contributed by atoms with van der Waals surface area (Å²) in [5, 5.41) is 19.8. The number of Topliss-reactive ketones (excluding diaryl/α,β-unsaturated/α-hetero) is 1. The summed E-state index contributed by atoms with van der Waals surface area (Å²) in [7, 11) is 3.04. The smallest absolute Gasteiger partial charge is 0.481 e. The van der Waals surface area contributed by atoms with Crippen molar-refractivity contribution in [2.75, 3.05) is 38.8 Å². The Hall–Kier alpha value is -4.58. The fourth-order valence-electron chi connectivity index (χ4n) is 8.76. The number of likely N-dealkylation sites (N-methyl/N-ethyl adjacent to an activating group) is 1. The number of piperidine rings is 1. The topological polar surface area (TPSA) is 297 Å². The van der Waals surface area contributed by atoms with Crippen molar-refractivity contribution < 1.29 is 71.8 Å². The number of likely N-dealkylation sites (tertiary alicyclic amines) is 1. The Bertz CT molecular complexity index is 2370. The highest BCUT2D eigenvalue weighted by molar-refractivity contribution is 8.77. The molecule has 25 heteroatoms. The van der Waals surface area contributed by atoms with Gasteiger partial charge < -0.3 is 40.0 Å². The lowest BCUT2D eigenvalue weighted by Gasteiger charge is -2.37. The van der Waals surface area contributed by atoms with Gasteiger partial charge in [-0.3, -0.25) is 48.2 Å². The Balaban J connectivity index is 1.88. The molecule has 0 spiro atoms. The number of nitrogens with one attached hydrogen (secondary N) is 3. The van der Waals surface area contributed by atoms with E-state index in [0.717, 1.165) is 37.1 Å². The van der Waals surface area contributed by atoms with Gasteiger partial charge in [-0.1, -0.05) is 75.1 Å². The molecule has 7 atom stereocenters. The summed E-state index contributed by atoms with van der Waals surface area (Å²) in [6.45, 7) is 15.3. The van der Waals surface area contributed by atoms with Gasteiger partial charge in [0.2, 0.25) is 17.7 Å². The molecule has 1 saturated heterocycles. The van der Waals surface area contributed by atoms with E-state index in [1.807, 2.05) is 48.6 Å². The number of thiazole rings is 1. The first-order chi connectivity index (χ1) is 35.5. The van der Waals surface area contributed by atoms with Crippen molar-refractivity contribution in [1.29, 1.82) is 0 Å². The Morgan fingerprint density at radius 2 is 1.72 bits per heavy atom. The molecule has 76 heavy (non-hydrogen) atoms. The van der Waals surface area contributed by atoms with Crippen LogP contribution in [0.4, 0.5) is 10.5 Å². The number of carboxylic acids is 1. The predicted octanol–water partition coefficient (Wildman–Crippen LogP) is 8.19. The highest BCUT2D eigenvalue weighted by Gasteiger charge is 2.38. The number of phosphoric ester groups is 1. The van der Waals surface area contributed by atoms with Gasteiger partial charge in [-0.15, -0.1) is 11.3 Å². The molecule has 1 aromatic heterocycles. The fourth-order valence-corrected chi connectivity index (χ4v) is 12.5. The molecule has 2 heterocycles. The third-order valence-corrected chi connectivity index (χ3v) is 18.1. The van der Waals surface area contributed by atoms with Crippen LogP contribution in [0.25, 0.3) is 0 Å². The second-order valence-corrected chi connectivity index (χ2v) is 25.6. The number of aliphatic carboxylic acids is 1. The molecule has 1 aromatic carbocycles. The van der Waals surface area contributed by atoms with Crippen LogP contribution in [0.5, 0.6) is 5.75 Å². The van der Waals surface area contributed by atoms with Crippen molar-refractivity contribution in [1.82, 2.24) is 25.4 Å². The van der Waals surface area contributed by atoms with Gasteiger partial charge >= 0.3 is 25.9 Å². The summed E-state index contributed by atoms with van der Waals surface area (Å²) in [5.74, 6) is -4.45. The predicted molar refractivity (Wildman–Crippen MR) is 293 cm³/mol. The first-order valence-electron chi connectivity index (χ1n) is 25.6. The minimum Gasteiger partial charge on any atom is -0.481 e. The highest BCUT2D eigenvalue weighted by Crippen LogP contribution is 2.40. The van der Waals surface area contributed by atoms with Crippen LogP contribution in [-0.4, -0.2) is 133 Å². The number of phosphoric acid groups is 1. The molecule has 2 unspecified atom stereocenters. The summed E-state index contributed by atoms with van der Waals surface area (Å²) in [6.07, 6.45) is 2.32. The molecule has 6 N–H and O–H groups in total. The van der Waals surface area contributed by atoms with Crippen LogP contribution in [0, 0.1) is 23.7 Å². The fraction of sp³-hybridized carbons (Fsp3) is 0.667. The minimum absolute atomic E-state index is 0.00445. The molecule has 0 aliphatic carbocycles. The van der Waals surface area contributed by atoms with Crippen LogP contribution in [0.1, 0.15) is 153 Å². The standard InChI is InChI=1S/C51H79N6O15PS3/c1-12-31(4)36(27-41(59)39-16-13-14-22-56(39)10)48(63)57(11)40(30(2)3)28-43(70-33(6)58)47-55-38(29-74-47)46(62)53-35(24-32(5)49(64)65)25-34-18-19-42(71-50(66)72-73(67,68)69)37(26-34)54-45(61)20-21-51(7,8)76-75-23-15-17-44(60)52-9/h18-19,26,29-32,35-36,39-40,43H,12-17,20-25,27-28H2,1-11H3,(H,52,60)(H,53,62)(H,54,61)(H,64,65)(H2,67,68,69)/t31-,32?,35+,36?,39+,40+,43+/m0/s1. The van der Waals surface area contributed by atoms with E-state index in [0.29, 0.717) is 37.0 Å². The zero-order valence-corrected chi connectivity index (χ0v) is 48.9. The molecule has 0 saturated carbocycles. The van der Waals surface area contributed by atoms with Gasteiger partial charge in [0, 0.05) is 80.6 Å². The Kier molecular flexibility index (Phi) is 26.9. The van der Waals surface area contributed by atoms with Crippen molar-refractivity contribution in [3.8, 4) is 5.75 Å². The zero-order chi connectivity index (χ0) is 57.1. The van der Waals surface area contributed by atoms with E-state index in [9.17, 15) is 57.8 Å². The number of aromatic nitrogens is 1. The van der Waals surface area contributed by atoms with Crippen molar-refractivity contribution >= 4 is 93.9 Å². The normalized spacial score (nSPS) is 16.5. The molecule has 21 nitrogen and oxygen atoms in total. The Morgan fingerprint density at radius 3 is 2.33 bits per heavy atom. The van der Waals surface area contributed by atoms with E-state index in [-0.39, 0.29) is 94.5 Å². The highest BCUT2D eigenvalue weighted by atomic mass is 33.1.